The minimum absolute atomic E-state index is 0.163. The van der Waals surface area contributed by atoms with Crippen molar-refractivity contribution in [2.75, 3.05) is 18.0 Å². The summed E-state index contributed by atoms with van der Waals surface area (Å²) in [6.07, 6.45) is 0.702. The van der Waals surface area contributed by atoms with E-state index in [1.807, 2.05) is 24.4 Å². The summed E-state index contributed by atoms with van der Waals surface area (Å²) in [6, 6.07) is 9.34. The molecule has 2 rings (SSSR count). The molecule has 0 fully saturated rings. The fraction of sp³-hybridized carbons (Fsp3) is 0.333. The van der Waals surface area contributed by atoms with Gasteiger partial charge in [-0.15, -0.1) is 11.3 Å². The fourth-order valence-electron chi connectivity index (χ4n) is 2.21. The Labute approximate surface area is 117 Å². The van der Waals surface area contributed by atoms with E-state index in [4.69, 9.17) is 5.73 Å². The normalized spacial score (nSPS) is 10.7. The molecule has 19 heavy (non-hydrogen) atoms. The zero-order chi connectivity index (χ0) is 13.7. The number of thiophene rings is 1. The van der Waals surface area contributed by atoms with Gasteiger partial charge in [-0.25, -0.2) is 4.39 Å². The second kappa shape index (κ2) is 6.68. The van der Waals surface area contributed by atoms with Crippen LogP contribution < -0.4 is 10.6 Å². The van der Waals surface area contributed by atoms with Crippen LogP contribution in [0.3, 0.4) is 0 Å². The highest BCUT2D eigenvalue weighted by Gasteiger charge is 2.15. The summed E-state index contributed by atoms with van der Waals surface area (Å²) in [5, 5.41) is 2.05. The van der Waals surface area contributed by atoms with E-state index in [1.54, 1.807) is 17.4 Å². The van der Waals surface area contributed by atoms with Crippen LogP contribution in [-0.2, 0) is 13.0 Å². The lowest BCUT2D eigenvalue weighted by atomic mass is 10.1. The summed E-state index contributed by atoms with van der Waals surface area (Å²) in [5.74, 6) is -0.163. The molecule has 0 bridgehead atoms. The number of anilines is 1. The Morgan fingerprint density at radius 2 is 2.11 bits per heavy atom. The van der Waals surface area contributed by atoms with Crippen LogP contribution in [0.2, 0.25) is 0 Å². The predicted molar refractivity (Wildman–Crippen MR) is 80.2 cm³/mol. The van der Waals surface area contributed by atoms with Gasteiger partial charge in [0.1, 0.15) is 5.82 Å². The maximum Gasteiger partial charge on any atom is 0.146 e. The molecular formula is C15H19FN2S. The summed E-state index contributed by atoms with van der Waals surface area (Å²) < 4.78 is 14.2. The molecule has 2 N–H and O–H groups in total. The van der Waals surface area contributed by atoms with Crippen LogP contribution in [0, 0.1) is 5.82 Å². The summed E-state index contributed by atoms with van der Waals surface area (Å²) in [4.78, 5) is 3.32. The van der Waals surface area contributed by atoms with Crippen LogP contribution >= 0.6 is 11.3 Å². The molecule has 0 unspecified atom stereocenters. The van der Waals surface area contributed by atoms with E-state index in [2.05, 4.69) is 11.0 Å². The van der Waals surface area contributed by atoms with Gasteiger partial charge in [-0.1, -0.05) is 18.2 Å². The van der Waals surface area contributed by atoms with Gasteiger partial charge in [0.15, 0.2) is 0 Å². The molecule has 0 saturated heterocycles. The minimum Gasteiger partial charge on any atom is -0.364 e. The van der Waals surface area contributed by atoms with Gasteiger partial charge in [0.25, 0.3) is 0 Å². The van der Waals surface area contributed by atoms with Gasteiger partial charge in [-0.05, 0) is 43.0 Å². The van der Waals surface area contributed by atoms with E-state index < -0.39 is 0 Å². The van der Waals surface area contributed by atoms with Crippen molar-refractivity contribution in [1.82, 2.24) is 0 Å². The molecule has 1 aromatic heterocycles. The van der Waals surface area contributed by atoms with Crippen molar-refractivity contribution in [2.45, 2.75) is 19.9 Å². The van der Waals surface area contributed by atoms with Crippen LogP contribution in [0.5, 0.6) is 0 Å². The van der Waals surface area contributed by atoms with Crippen molar-refractivity contribution in [3.63, 3.8) is 0 Å². The highest BCUT2D eigenvalue weighted by Crippen LogP contribution is 2.27. The highest BCUT2D eigenvalue weighted by atomic mass is 32.1. The molecule has 0 aliphatic carbocycles. The van der Waals surface area contributed by atoms with Gasteiger partial charge in [-0.3, -0.25) is 0 Å². The Morgan fingerprint density at radius 1 is 1.26 bits per heavy atom. The lowest BCUT2D eigenvalue weighted by Crippen LogP contribution is -2.24. The van der Waals surface area contributed by atoms with Gasteiger partial charge in [-0.2, -0.15) is 0 Å². The average molecular weight is 278 g/mol. The molecule has 4 heteroatoms. The van der Waals surface area contributed by atoms with Crippen molar-refractivity contribution in [3.05, 3.63) is 52.0 Å². The van der Waals surface area contributed by atoms with Gasteiger partial charge >= 0.3 is 0 Å². The van der Waals surface area contributed by atoms with Gasteiger partial charge < -0.3 is 10.6 Å². The second-order valence-corrected chi connectivity index (χ2v) is 5.41. The molecule has 1 heterocycles. The van der Waals surface area contributed by atoms with Crippen molar-refractivity contribution in [3.8, 4) is 0 Å². The standard InChI is InChI=1S/C15H19FN2S/c1-2-18(11-13-6-4-10-19-13)15-12(8-9-17)5-3-7-14(15)16/h3-7,10H,2,8-9,11,17H2,1H3. The van der Waals surface area contributed by atoms with Crippen molar-refractivity contribution in [1.29, 1.82) is 0 Å². The number of benzene rings is 1. The molecule has 0 atom stereocenters. The SMILES string of the molecule is CCN(Cc1cccs1)c1c(F)cccc1CCN. The van der Waals surface area contributed by atoms with E-state index in [1.165, 1.54) is 10.9 Å². The molecule has 0 radical (unpaired) electrons. The van der Waals surface area contributed by atoms with E-state index >= 15 is 0 Å². The quantitative estimate of drug-likeness (QED) is 0.877. The van der Waals surface area contributed by atoms with Gasteiger partial charge in [0.2, 0.25) is 0 Å². The number of nitrogens with two attached hydrogens (primary N) is 1. The molecule has 0 aliphatic heterocycles. The first-order valence-electron chi connectivity index (χ1n) is 6.51. The third kappa shape index (κ3) is 3.33. The Kier molecular flexibility index (Phi) is 4.93. The average Bonchev–Trinajstić information content (AvgIpc) is 2.90. The molecule has 102 valence electrons. The number of hydrogen-bond acceptors (Lipinski definition) is 3. The van der Waals surface area contributed by atoms with Crippen LogP contribution in [0.1, 0.15) is 17.4 Å². The summed E-state index contributed by atoms with van der Waals surface area (Å²) >= 11 is 1.70. The Hall–Kier alpha value is -1.39. The minimum atomic E-state index is -0.163. The van der Waals surface area contributed by atoms with Gasteiger partial charge in [0, 0.05) is 11.4 Å². The summed E-state index contributed by atoms with van der Waals surface area (Å²) in [6.45, 7) is 4.10. The molecular weight excluding hydrogens is 259 g/mol. The van der Waals surface area contributed by atoms with E-state index in [0.29, 0.717) is 18.7 Å². The Morgan fingerprint density at radius 3 is 2.74 bits per heavy atom. The van der Waals surface area contributed by atoms with Crippen LogP contribution in [0.25, 0.3) is 0 Å². The third-order valence-corrected chi connectivity index (χ3v) is 3.97. The first-order chi connectivity index (χ1) is 9.26. The fourth-order valence-corrected chi connectivity index (χ4v) is 2.93. The molecule has 2 nitrogen and oxygen atoms in total. The van der Waals surface area contributed by atoms with E-state index in [0.717, 1.165) is 18.7 Å². The molecule has 0 spiro atoms. The van der Waals surface area contributed by atoms with Crippen LogP contribution in [0.4, 0.5) is 10.1 Å². The first-order valence-corrected chi connectivity index (χ1v) is 7.39. The van der Waals surface area contributed by atoms with Crippen molar-refractivity contribution >= 4 is 17.0 Å². The largest absolute Gasteiger partial charge is 0.364 e. The lowest BCUT2D eigenvalue weighted by Gasteiger charge is -2.25. The zero-order valence-electron chi connectivity index (χ0n) is 11.1. The monoisotopic (exact) mass is 278 g/mol. The number of para-hydroxylation sites is 1. The second-order valence-electron chi connectivity index (χ2n) is 4.38. The highest BCUT2D eigenvalue weighted by molar-refractivity contribution is 7.09. The van der Waals surface area contributed by atoms with Crippen LogP contribution in [-0.4, -0.2) is 13.1 Å². The number of hydrogen-bond donors (Lipinski definition) is 1. The van der Waals surface area contributed by atoms with Crippen molar-refractivity contribution < 1.29 is 4.39 Å². The van der Waals surface area contributed by atoms with Crippen LogP contribution in [0.15, 0.2) is 35.7 Å². The third-order valence-electron chi connectivity index (χ3n) is 3.11. The van der Waals surface area contributed by atoms with Gasteiger partial charge in [0.05, 0.1) is 12.2 Å². The molecule has 0 amide bonds. The number of halogens is 1. The first kappa shape index (κ1) is 14.0. The maximum atomic E-state index is 14.2. The zero-order valence-corrected chi connectivity index (χ0v) is 11.9. The predicted octanol–water partition coefficient (Wildman–Crippen LogP) is 3.41. The Bertz CT molecular complexity index is 511. The van der Waals surface area contributed by atoms with E-state index in [-0.39, 0.29) is 5.82 Å². The molecule has 1 aromatic carbocycles. The number of nitrogens with zero attached hydrogens (tertiary/aromatic N) is 1. The molecule has 0 saturated carbocycles. The smallest absolute Gasteiger partial charge is 0.146 e. The topological polar surface area (TPSA) is 29.3 Å². The molecule has 0 aliphatic rings. The maximum absolute atomic E-state index is 14.2. The lowest BCUT2D eigenvalue weighted by molar-refractivity contribution is 0.615. The molecule has 2 aromatic rings. The summed E-state index contributed by atoms with van der Waals surface area (Å²) in [7, 11) is 0. The number of rotatable bonds is 6. The summed E-state index contributed by atoms with van der Waals surface area (Å²) in [5.41, 5.74) is 7.30. The Balaban J connectivity index is 2.31. The van der Waals surface area contributed by atoms with E-state index in [9.17, 15) is 4.39 Å². The van der Waals surface area contributed by atoms with Crippen molar-refractivity contribution in [2.24, 2.45) is 5.73 Å².